The number of hydrogen-bond acceptors (Lipinski definition) is 3. The van der Waals surface area contributed by atoms with Gasteiger partial charge in [0.1, 0.15) is 0 Å². The summed E-state index contributed by atoms with van der Waals surface area (Å²) in [5, 5.41) is 12.2. The number of aliphatic imine (C=N–C) groups is 1. The highest BCUT2D eigenvalue weighted by molar-refractivity contribution is 6.27. The van der Waals surface area contributed by atoms with Crippen molar-refractivity contribution >= 4 is 39.6 Å². The first-order chi connectivity index (χ1) is 13.7. The fraction of sp³-hybridized carbons (Fsp3) is 0. The molecule has 134 valence electrons. The minimum atomic E-state index is -0.380. The van der Waals surface area contributed by atoms with Gasteiger partial charge in [-0.2, -0.15) is 0 Å². The number of aromatic nitrogens is 1. The van der Waals surface area contributed by atoms with E-state index in [0.717, 1.165) is 44.4 Å². The molecule has 1 aromatic heterocycles. The summed E-state index contributed by atoms with van der Waals surface area (Å²) in [5.74, 6) is 0. The molecule has 2 heterocycles. The van der Waals surface area contributed by atoms with Crippen LogP contribution in [0, 0.1) is 10.1 Å². The smallest absolute Gasteiger partial charge is 0.269 e. The molecule has 0 unspecified atom stereocenters. The number of rotatable bonds is 3. The number of nitro groups is 1. The predicted molar refractivity (Wildman–Crippen MR) is 112 cm³/mol. The molecular formula is C23H15N3O2. The Bertz CT molecular complexity index is 1280. The van der Waals surface area contributed by atoms with Gasteiger partial charge in [-0.25, -0.2) is 0 Å². The lowest BCUT2D eigenvalue weighted by atomic mass is 9.90. The van der Waals surface area contributed by atoms with Gasteiger partial charge in [0.25, 0.3) is 5.69 Å². The van der Waals surface area contributed by atoms with Crippen LogP contribution in [-0.4, -0.2) is 16.1 Å². The zero-order chi connectivity index (χ0) is 19.1. The first-order valence-electron chi connectivity index (χ1n) is 8.91. The summed E-state index contributed by atoms with van der Waals surface area (Å²) < 4.78 is 0. The fourth-order valence-electron chi connectivity index (χ4n) is 3.70. The lowest BCUT2D eigenvalue weighted by molar-refractivity contribution is -0.384. The number of allylic oxidation sites excluding steroid dienone is 1. The van der Waals surface area contributed by atoms with E-state index in [-0.39, 0.29) is 10.6 Å². The average Bonchev–Trinajstić information content (AvgIpc) is 3.34. The molecule has 5 nitrogen and oxygen atoms in total. The lowest BCUT2D eigenvalue weighted by Crippen LogP contribution is -1.95. The van der Waals surface area contributed by atoms with Gasteiger partial charge in [-0.05, 0) is 29.8 Å². The van der Waals surface area contributed by atoms with Crippen molar-refractivity contribution in [2.45, 2.75) is 0 Å². The van der Waals surface area contributed by atoms with E-state index >= 15 is 0 Å². The summed E-state index contributed by atoms with van der Waals surface area (Å²) >= 11 is 0. The second-order valence-corrected chi connectivity index (χ2v) is 6.62. The van der Waals surface area contributed by atoms with Gasteiger partial charge in [-0.15, -0.1) is 0 Å². The molecule has 5 heteroatoms. The third-order valence-corrected chi connectivity index (χ3v) is 5.02. The molecule has 28 heavy (non-hydrogen) atoms. The summed E-state index contributed by atoms with van der Waals surface area (Å²) in [6.07, 6.45) is 3.87. The molecule has 0 fully saturated rings. The molecule has 0 bridgehead atoms. The number of para-hydroxylation sites is 2. The quantitative estimate of drug-likeness (QED) is 0.371. The second kappa shape index (κ2) is 6.32. The van der Waals surface area contributed by atoms with E-state index in [2.05, 4.69) is 22.1 Å². The number of H-pyrrole nitrogens is 1. The van der Waals surface area contributed by atoms with Crippen LogP contribution in [-0.2, 0) is 0 Å². The molecule has 1 N–H and O–H groups in total. The van der Waals surface area contributed by atoms with Crippen molar-refractivity contribution in [1.82, 2.24) is 4.98 Å². The minimum absolute atomic E-state index is 0.0764. The Morgan fingerprint density at radius 2 is 1.68 bits per heavy atom. The number of benzene rings is 3. The number of fused-ring (bicyclic) bond motifs is 2. The van der Waals surface area contributed by atoms with Crippen LogP contribution in [0.25, 0.3) is 22.0 Å². The van der Waals surface area contributed by atoms with Crippen molar-refractivity contribution in [3.05, 3.63) is 106 Å². The lowest BCUT2D eigenvalue weighted by Gasteiger charge is -2.12. The van der Waals surface area contributed by atoms with Gasteiger partial charge in [0, 0.05) is 57.7 Å². The minimum Gasteiger partial charge on any atom is -0.361 e. The van der Waals surface area contributed by atoms with Crippen molar-refractivity contribution in [3.8, 4) is 0 Å². The van der Waals surface area contributed by atoms with Gasteiger partial charge >= 0.3 is 0 Å². The predicted octanol–water partition coefficient (Wildman–Crippen LogP) is 5.75. The summed E-state index contributed by atoms with van der Waals surface area (Å²) in [4.78, 5) is 18.6. The molecule has 5 rings (SSSR count). The standard InChI is InChI=1S/C23H15N3O2/c27-26(28)16-11-9-15(10-12-16)23(19-13-24-21-7-3-1-5-17(19)21)20-14-25-22-8-4-2-6-18(20)22/h1-14,24H. The van der Waals surface area contributed by atoms with Crippen LogP contribution in [0.2, 0.25) is 0 Å². The van der Waals surface area contributed by atoms with Crippen LogP contribution in [0.5, 0.6) is 0 Å². The molecule has 0 radical (unpaired) electrons. The summed E-state index contributed by atoms with van der Waals surface area (Å²) in [5.41, 5.74) is 7.07. The molecule has 1 aliphatic rings. The molecule has 0 spiro atoms. The summed E-state index contributed by atoms with van der Waals surface area (Å²) in [6, 6.07) is 22.8. The van der Waals surface area contributed by atoms with Gasteiger partial charge in [0.15, 0.2) is 0 Å². The molecule has 0 aliphatic carbocycles. The Labute approximate surface area is 160 Å². The van der Waals surface area contributed by atoms with Crippen LogP contribution in [0.1, 0.15) is 16.7 Å². The molecule has 1 aliphatic heterocycles. The Kier molecular flexibility index (Phi) is 3.66. The van der Waals surface area contributed by atoms with Crippen LogP contribution in [0.3, 0.4) is 0 Å². The zero-order valence-corrected chi connectivity index (χ0v) is 14.8. The van der Waals surface area contributed by atoms with Gasteiger partial charge in [-0.1, -0.05) is 36.4 Å². The van der Waals surface area contributed by atoms with Crippen molar-refractivity contribution in [1.29, 1.82) is 0 Å². The van der Waals surface area contributed by atoms with E-state index in [4.69, 9.17) is 0 Å². The van der Waals surface area contributed by atoms with Gasteiger partial charge in [-0.3, -0.25) is 15.1 Å². The van der Waals surface area contributed by atoms with E-state index in [1.165, 1.54) is 0 Å². The highest BCUT2D eigenvalue weighted by atomic mass is 16.6. The van der Waals surface area contributed by atoms with Gasteiger partial charge in [0.2, 0.25) is 0 Å². The van der Waals surface area contributed by atoms with E-state index in [0.29, 0.717) is 0 Å². The maximum absolute atomic E-state index is 11.1. The molecule has 0 saturated carbocycles. The van der Waals surface area contributed by atoms with Crippen LogP contribution >= 0.6 is 0 Å². The summed E-state index contributed by atoms with van der Waals surface area (Å²) in [7, 11) is 0. The fourth-order valence-corrected chi connectivity index (χ4v) is 3.70. The number of nitrogens with one attached hydrogen (secondary N) is 1. The topological polar surface area (TPSA) is 71.3 Å². The normalized spacial score (nSPS) is 14.3. The van der Waals surface area contributed by atoms with E-state index in [1.807, 2.05) is 48.8 Å². The SMILES string of the molecule is O=[N+]([O-])c1ccc(C(=C2C=Nc3ccccc32)c2c[nH]c3ccccc23)cc1. The number of hydrogen-bond donors (Lipinski definition) is 1. The monoisotopic (exact) mass is 365 g/mol. The van der Waals surface area contributed by atoms with Crippen LogP contribution < -0.4 is 0 Å². The first kappa shape index (κ1) is 16.2. The molecule has 0 saturated heterocycles. The third kappa shape index (κ3) is 2.53. The van der Waals surface area contributed by atoms with Crippen LogP contribution in [0.4, 0.5) is 11.4 Å². The molecule has 0 atom stereocenters. The van der Waals surface area contributed by atoms with Crippen molar-refractivity contribution < 1.29 is 4.92 Å². The van der Waals surface area contributed by atoms with Gasteiger partial charge < -0.3 is 4.98 Å². The number of nitrogens with zero attached hydrogens (tertiary/aromatic N) is 2. The van der Waals surface area contributed by atoms with Crippen molar-refractivity contribution in [2.75, 3.05) is 0 Å². The Balaban J connectivity index is 1.80. The maximum atomic E-state index is 11.1. The third-order valence-electron chi connectivity index (χ3n) is 5.02. The second-order valence-electron chi connectivity index (χ2n) is 6.62. The van der Waals surface area contributed by atoms with Crippen molar-refractivity contribution in [2.24, 2.45) is 4.99 Å². The Morgan fingerprint density at radius 3 is 2.50 bits per heavy atom. The average molecular weight is 365 g/mol. The first-order valence-corrected chi connectivity index (χ1v) is 8.91. The highest BCUT2D eigenvalue weighted by Crippen LogP contribution is 2.41. The molecule has 4 aromatic rings. The van der Waals surface area contributed by atoms with E-state index < -0.39 is 0 Å². The number of aromatic amines is 1. The van der Waals surface area contributed by atoms with Crippen LogP contribution in [0.15, 0.2) is 84.0 Å². The van der Waals surface area contributed by atoms with Crippen molar-refractivity contribution in [3.63, 3.8) is 0 Å². The molecular weight excluding hydrogens is 350 g/mol. The largest absolute Gasteiger partial charge is 0.361 e. The number of nitro benzene ring substituents is 1. The zero-order valence-electron chi connectivity index (χ0n) is 14.8. The summed E-state index contributed by atoms with van der Waals surface area (Å²) in [6.45, 7) is 0. The Morgan fingerprint density at radius 1 is 0.929 bits per heavy atom. The number of non-ortho nitro benzene ring substituents is 1. The van der Waals surface area contributed by atoms with E-state index in [1.54, 1.807) is 24.3 Å². The van der Waals surface area contributed by atoms with E-state index in [9.17, 15) is 10.1 Å². The Hall–Kier alpha value is -3.99. The maximum Gasteiger partial charge on any atom is 0.269 e. The van der Waals surface area contributed by atoms with Gasteiger partial charge in [0.05, 0.1) is 10.6 Å². The molecule has 0 amide bonds. The highest BCUT2D eigenvalue weighted by Gasteiger charge is 2.21. The molecule has 3 aromatic carbocycles.